The number of benzene rings is 1. The Bertz CT molecular complexity index is 587. The van der Waals surface area contributed by atoms with Gasteiger partial charge in [-0.1, -0.05) is 12.1 Å². The summed E-state index contributed by atoms with van der Waals surface area (Å²) in [6.45, 7) is 1.04. The van der Waals surface area contributed by atoms with E-state index in [-0.39, 0.29) is 5.82 Å². The monoisotopic (exact) mass is 362 g/mol. The molecular weight excluding hydrogens is 340 g/mol. The van der Waals surface area contributed by atoms with Crippen molar-refractivity contribution in [3.05, 3.63) is 35.6 Å². The number of nitrogens with zero attached hydrogens (tertiary/aromatic N) is 3. The van der Waals surface area contributed by atoms with Crippen molar-refractivity contribution in [3.63, 3.8) is 0 Å². The fourth-order valence-electron chi connectivity index (χ4n) is 2.03. The highest BCUT2D eigenvalue weighted by atomic mass is 19.4. The summed E-state index contributed by atoms with van der Waals surface area (Å²) in [6, 6.07) is 5.92. The number of hydrogen-bond acceptors (Lipinski definition) is 2. The maximum absolute atomic E-state index is 12.9. The van der Waals surface area contributed by atoms with Crippen LogP contribution < -0.4 is 5.32 Å². The van der Waals surface area contributed by atoms with Gasteiger partial charge in [0.15, 0.2) is 5.96 Å². The normalized spacial score (nSPS) is 12.0. The highest BCUT2D eigenvalue weighted by Crippen LogP contribution is 2.15. The molecule has 1 rings (SSSR count). The predicted octanol–water partition coefficient (Wildman–Crippen LogP) is 2.24. The zero-order valence-corrected chi connectivity index (χ0v) is 14.4. The van der Waals surface area contributed by atoms with Crippen LogP contribution in [0.5, 0.6) is 0 Å². The van der Waals surface area contributed by atoms with Gasteiger partial charge in [-0.05, 0) is 24.6 Å². The Morgan fingerprint density at radius 3 is 2.28 bits per heavy atom. The Balaban J connectivity index is 2.71. The second kappa shape index (κ2) is 9.24. The molecule has 0 aliphatic carbocycles. The fourth-order valence-corrected chi connectivity index (χ4v) is 2.03. The molecule has 25 heavy (non-hydrogen) atoms. The number of hydrogen-bond donors (Lipinski definition) is 1. The van der Waals surface area contributed by atoms with E-state index in [1.165, 1.54) is 12.1 Å². The molecule has 0 radical (unpaired) electrons. The minimum Gasteiger partial charge on any atom is -0.357 e. The number of nitrogens with one attached hydrogen (secondary N) is 1. The SMILES string of the molecule is CCNC(=NCC(=O)N(C)CC(F)(F)F)N(C)Cc1ccc(F)cc1. The summed E-state index contributed by atoms with van der Waals surface area (Å²) in [7, 11) is 2.80. The molecule has 1 aromatic rings. The van der Waals surface area contributed by atoms with Crippen molar-refractivity contribution >= 4 is 11.9 Å². The van der Waals surface area contributed by atoms with E-state index in [1.807, 2.05) is 6.92 Å². The fraction of sp³-hybridized carbons (Fsp3) is 0.500. The molecule has 0 fully saturated rings. The Kier molecular flexibility index (Phi) is 7.66. The van der Waals surface area contributed by atoms with Crippen molar-refractivity contribution in [1.29, 1.82) is 0 Å². The van der Waals surface area contributed by atoms with E-state index in [4.69, 9.17) is 0 Å². The molecule has 0 heterocycles. The molecular formula is C16H22F4N4O. The van der Waals surface area contributed by atoms with Gasteiger partial charge in [-0.3, -0.25) is 4.79 Å². The van der Waals surface area contributed by atoms with Crippen molar-refractivity contribution in [2.24, 2.45) is 4.99 Å². The van der Waals surface area contributed by atoms with Gasteiger partial charge in [0.1, 0.15) is 18.9 Å². The summed E-state index contributed by atoms with van der Waals surface area (Å²) in [6.07, 6.45) is -4.45. The average Bonchev–Trinajstić information content (AvgIpc) is 2.51. The second-order valence-electron chi connectivity index (χ2n) is 5.52. The number of likely N-dealkylation sites (N-methyl/N-ethyl adjacent to an activating group) is 1. The minimum absolute atomic E-state index is 0.342. The van der Waals surface area contributed by atoms with Crippen LogP contribution in [0, 0.1) is 5.82 Å². The summed E-state index contributed by atoms with van der Waals surface area (Å²) in [5, 5.41) is 2.97. The maximum atomic E-state index is 12.9. The zero-order chi connectivity index (χ0) is 19.0. The number of alkyl halides is 3. The average molecular weight is 362 g/mol. The summed E-state index contributed by atoms with van der Waals surface area (Å²) >= 11 is 0. The lowest BCUT2D eigenvalue weighted by Gasteiger charge is -2.23. The molecule has 0 spiro atoms. The van der Waals surface area contributed by atoms with E-state index < -0.39 is 25.2 Å². The van der Waals surface area contributed by atoms with E-state index >= 15 is 0 Å². The molecule has 0 aliphatic heterocycles. The summed E-state index contributed by atoms with van der Waals surface area (Å²) < 4.78 is 49.9. The minimum atomic E-state index is -4.45. The van der Waals surface area contributed by atoms with E-state index in [0.717, 1.165) is 12.6 Å². The number of guanidine groups is 1. The molecule has 1 aromatic carbocycles. The van der Waals surface area contributed by atoms with Gasteiger partial charge < -0.3 is 15.1 Å². The standard InChI is InChI=1S/C16H22F4N4O/c1-4-21-15(22-9-14(25)24(3)11-16(18,19)20)23(2)10-12-5-7-13(17)8-6-12/h5-8H,4,9-11H2,1-3H3,(H,21,22). The lowest BCUT2D eigenvalue weighted by molar-refractivity contribution is -0.157. The van der Waals surface area contributed by atoms with Gasteiger partial charge in [0.2, 0.25) is 5.91 Å². The first-order valence-electron chi connectivity index (χ1n) is 7.67. The Labute approximate surface area is 144 Å². The smallest absolute Gasteiger partial charge is 0.357 e. The van der Waals surface area contributed by atoms with Crippen LogP contribution in [0.15, 0.2) is 29.3 Å². The lowest BCUT2D eigenvalue weighted by Crippen LogP contribution is -2.41. The number of rotatable bonds is 6. The van der Waals surface area contributed by atoms with Crippen molar-refractivity contribution in [3.8, 4) is 0 Å². The first-order chi connectivity index (χ1) is 11.6. The predicted molar refractivity (Wildman–Crippen MR) is 87.5 cm³/mol. The van der Waals surface area contributed by atoms with Crippen LogP contribution in [0.2, 0.25) is 0 Å². The third-order valence-corrected chi connectivity index (χ3v) is 3.24. The number of carbonyl (C=O) groups excluding carboxylic acids is 1. The third kappa shape index (κ3) is 7.86. The Morgan fingerprint density at radius 2 is 1.76 bits per heavy atom. The number of carbonyl (C=O) groups is 1. The summed E-state index contributed by atoms with van der Waals surface area (Å²) in [4.78, 5) is 18.1. The van der Waals surface area contributed by atoms with Crippen molar-refractivity contribution in [2.75, 3.05) is 33.7 Å². The molecule has 1 amide bonds. The highest BCUT2D eigenvalue weighted by Gasteiger charge is 2.31. The largest absolute Gasteiger partial charge is 0.406 e. The topological polar surface area (TPSA) is 47.9 Å². The van der Waals surface area contributed by atoms with Crippen LogP contribution in [-0.4, -0.2) is 61.6 Å². The molecule has 0 aliphatic rings. The highest BCUT2D eigenvalue weighted by molar-refractivity contribution is 5.84. The Hall–Kier alpha value is -2.32. The number of halogens is 4. The first-order valence-corrected chi connectivity index (χ1v) is 7.67. The molecule has 0 saturated carbocycles. The van der Waals surface area contributed by atoms with E-state index in [0.29, 0.717) is 23.9 Å². The van der Waals surface area contributed by atoms with Gasteiger partial charge in [-0.15, -0.1) is 0 Å². The van der Waals surface area contributed by atoms with Crippen LogP contribution >= 0.6 is 0 Å². The summed E-state index contributed by atoms with van der Waals surface area (Å²) in [5.74, 6) is -0.700. The molecule has 9 heteroatoms. The lowest BCUT2D eigenvalue weighted by atomic mass is 10.2. The molecule has 0 aromatic heterocycles. The van der Waals surface area contributed by atoms with Gasteiger partial charge in [-0.25, -0.2) is 9.38 Å². The van der Waals surface area contributed by atoms with Crippen molar-refractivity contribution in [2.45, 2.75) is 19.6 Å². The first kappa shape index (κ1) is 20.7. The van der Waals surface area contributed by atoms with Gasteiger partial charge in [0.25, 0.3) is 0 Å². The molecule has 0 unspecified atom stereocenters. The Morgan fingerprint density at radius 1 is 1.16 bits per heavy atom. The van der Waals surface area contributed by atoms with Crippen LogP contribution in [0.4, 0.5) is 17.6 Å². The maximum Gasteiger partial charge on any atom is 0.406 e. The molecule has 5 nitrogen and oxygen atoms in total. The second-order valence-corrected chi connectivity index (χ2v) is 5.52. The quantitative estimate of drug-likeness (QED) is 0.480. The van der Waals surface area contributed by atoms with Crippen LogP contribution in [-0.2, 0) is 11.3 Å². The third-order valence-electron chi connectivity index (χ3n) is 3.24. The van der Waals surface area contributed by atoms with Gasteiger partial charge in [-0.2, -0.15) is 13.2 Å². The molecule has 0 saturated heterocycles. The molecule has 1 N–H and O–H groups in total. The van der Waals surface area contributed by atoms with Crippen molar-refractivity contribution in [1.82, 2.24) is 15.1 Å². The number of amides is 1. The van der Waals surface area contributed by atoms with Crippen LogP contribution in [0.1, 0.15) is 12.5 Å². The van der Waals surface area contributed by atoms with E-state index in [1.54, 1.807) is 24.1 Å². The molecule has 0 atom stereocenters. The van der Waals surface area contributed by atoms with E-state index in [2.05, 4.69) is 10.3 Å². The van der Waals surface area contributed by atoms with Crippen LogP contribution in [0.25, 0.3) is 0 Å². The van der Waals surface area contributed by atoms with Crippen molar-refractivity contribution < 1.29 is 22.4 Å². The molecule has 140 valence electrons. The summed E-state index contributed by atoms with van der Waals surface area (Å²) in [5.41, 5.74) is 0.829. The van der Waals surface area contributed by atoms with Crippen LogP contribution in [0.3, 0.4) is 0 Å². The van der Waals surface area contributed by atoms with Gasteiger partial charge in [0, 0.05) is 27.2 Å². The molecule has 0 bridgehead atoms. The van der Waals surface area contributed by atoms with Gasteiger partial charge in [0.05, 0.1) is 0 Å². The zero-order valence-electron chi connectivity index (χ0n) is 14.4. The number of aliphatic imine (C=N–C) groups is 1. The van der Waals surface area contributed by atoms with Gasteiger partial charge >= 0.3 is 6.18 Å². The van der Waals surface area contributed by atoms with E-state index in [9.17, 15) is 22.4 Å².